The zero-order chi connectivity index (χ0) is 14.5. The number of hydrogen-bond acceptors (Lipinski definition) is 4. The second kappa shape index (κ2) is 6.72. The summed E-state index contributed by atoms with van der Waals surface area (Å²) in [5.41, 5.74) is 0.976. The van der Waals surface area contributed by atoms with Gasteiger partial charge in [0.25, 0.3) is 0 Å². The molecule has 1 amide bonds. The zero-order valence-electron chi connectivity index (χ0n) is 12.3. The summed E-state index contributed by atoms with van der Waals surface area (Å²) in [5.74, 6) is 0.883. The minimum Gasteiger partial charge on any atom is -0.496 e. The van der Waals surface area contributed by atoms with Crippen molar-refractivity contribution in [1.29, 1.82) is 0 Å². The summed E-state index contributed by atoms with van der Waals surface area (Å²) < 4.78 is 10.8. The van der Waals surface area contributed by atoms with Gasteiger partial charge in [-0.1, -0.05) is 18.2 Å². The molecule has 0 radical (unpaired) electrons. The third-order valence-electron chi connectivity index (χ3n) is 3.49. The second-order valence-corrected chi connectivity index (χ2v) is 4.76. The molecule has 0 aromatic heterocycles. The predicted octanol–water partition coefficient (Wildman–Crippen LogP) is 1.55. The summed E-state index contributed by atoms with van der Waals surface area (Å²) in [7, 11) is 1.64. The van der Waals surface area contributed by atoms with E-state index < -0.39 is 0 Å². The van der Waals surface area contributed by atoms with E-state index in [0.29, 0.717) is 19.8 Å². The number of nitrogens with one attached hydrogen (secondary N) is 1. The molecule has 5 heteroatoms. The van der Waals surface area contributed by atoms with Crippen LogP contribution in [0.15, 0.2) is 24.3 Å². The van der Waals surface area contributed by atoms with E-state index in [1.807, 2.05) is 43.0 Å². The standard InChI is InChI=1S/C15H22N2O3/c1-4-20-10-9-17-14(16-11(2)15(17)18)12-7-5-6-8-13(12)19-3/h5-8,11,14,16H,4,9-10H2,1-3H3. The van der Waals surface area contributed by atoms with Crippen molar-refractivity contribution in [2.24, 2.45) is 0 Å². The van der Waals surface area contributed by atoms with Gasteiger partial charge in [0.05, 0.1) is 19.8 Å². The highest BCUT2D eigenvalue weighted by molar-refractivity contribution is 5.84. The van der Waals surface area contributed by atoms with Gasteiger partial charge in [0.1, 0.15) is 11.9 Å². The molecule has 5 nitrogen and oxygen atoms in total. The lowest BCUT2D eigenvalue weighted by Gasteiger charge is -2.25. The van der Waals surface area contributed by atoms with Gasteiger partial charge >= 0.3 is 0 Å². The summed E-state index contributed by atoms with van der Waals surface area (Å²) in [5, 5.41) is 3.31. The van der Waals surface area contributed by atoms with Crippen molar-refractivity contribution >= 4 is 5.91 Å². The Labute approximate surface area is 119 Å². The minimum absolute atomic E-state index is 0.0978. The van der Waals surface area contributed by atoms with Gasteiger partial charge in [0, 0.05) is 18.7 Å². The number of amides is 1. The maximum atomic E-state index is 12.2. The molecule has 2 atom stereocenters. The van der Waals surface area contributed by atoms with Gasteiger partial charge in [-0.3, -0.25) is 10.1 Å². The Balaban J connectivity index is 2.21. The number of carbonyl (C=O) groups excluding carboxylic acids is 1. The van der Waals surface area contributed by atoms with Crippen molar-refractivity contribution in [2.75, 3.05) is 26.9 Å². The smallest absolute Gasteiger partial charge is 0.241 e. The molecule has 1 aromatic carbocycles. The number of methoxy groups -OCH3 is 1. The summed E-state index contributed by atoms with van der Waals surface area (Å²) in [6.07, 6.45) is -0.158. The van der Waals surface area contributed by atoms with E-state index >= 15 is 0 Å². The number of rotatable bonds is 6. The highest BCUT2D eigenvalue weighted by Crippen LogP contribution is 2.31. The second-order valence-electron chi connectivity index (χ2n) is 4.76. The van der Waals surface area contributed by atoms with Crippen LogP contribution < -0.4 is 10.1 Å². The van der Waals surface area contributed by atoms with Crippen molar-refractivity contribution in [3.8, 4) is 5.75 Å². The monoisotopic (exact) mass is 278 g/mol. The van der Waals surface area contributed by atoms with Crippen LogP contribution in [0.25, 0.3) is 0 Å². The number of para-hydroxylation sites is 1. The van der Waals surface area contributed by atoms with E-state index in [1.165, 1.54) is 0 Å². The van der Waals surface area contributed by atoms with Gasteiger partial charge in [-0.15, -0.1) is 0 Å². The van der Waals surface area contributed by atoms with Gasteiger partial charge < -0.3 is 14.4 Å². The topological polar surface area (TPSA) is 50.8 Å². The van der Waals surface area contributed by atoms with Crippen LogP contribution in [0.1, 0.15) is 25.6 Å². The molecule has 0 saturated carbocycles. The highest BCUT2D eigenvalue weighted by Gasteiger charge is 2.37. The number of nitrogens with zero attached hydrogens (tertiary/aromatic N) is 1. The molecule has 110 valence electrons. The number of carbonyl (C=O) groups is 1. The summed E-state index contributed by atoms with van der Waals surface area (Å²) in [6.45, 7) is 5.61. The molecule has 2 rings (SSSR count). The molecule has 2 unspecified atom stereocenters. The first kappa shape index (κ1) is 14.8. The SMILES string of the molecule is CCOCCN1C(=O)C(C)NC1c1ccccc1OC. The Morgan fingerprint density at radius 2 is 2.10 bits per heavy atom. The fraction of sp³-hybridized carbons (Fsp3) is 0.533. The molecule has 1 fully saturated rings. The van der Waals surface area contributed by atoms with E-state index in [2.05, 4.69) is 5.32 Å². The fourth-order valence-electron chi connectivity index (χ4n) is 2.47. The highest BCUT2D eigenvalue weighted by atomic mass is 16.5. The van der Waals surface area contributed by atoms with Gasteiger partial charge in [0.2, 0.25) is 5.91 Å². The molecule has 0 spiro atoms. The van der Waals surface area contributed by atoms with Crippen LogP contribution in [0.4, 0.5) is 0 Å². The first-order valence-electron chi connectivity index (χ1n) is 6.96. The van der Waals surface area contributed by atoms with Crippen LogP contribution in [0, 0.1) is 0 Å². The van der Waals surface area contributed by atoms with E-state index in [4.69, 9.17) is 9.47 Å². The zero-order valence-corrected chi connectivity index (χ0v) is 12.3. The Morgan fingerprint density at radius 1 is 1.35 bits per heavy atom. The van der Waals surface area contributed by atoms with Crippen LogP contribution in [-0.4, -0.2) is 43.7 Å². The Bertz CT molecular complexity index is 464. The molecule has 1 aliphatic heterocycles. The summed E-state index contributed by atoms with van der Waals surface area (Å²) in [6, 6.07) is 7.58. The first-order valence-corrected chi connectivity index (χ1v) is 6.96. The van der Waals surface area contributed by atoms with Crippen LogP contribution in [0.2, 0.25) is 0 Å². The van der Waals surface area contributed by atoms with Crippen LogP contribution in [0.3, 0.4) is 0 Å². The van der Waals surface area contributed by atoms with Crippen molar-refractivity contribution in [3.05, 3.63) is 29.8 Å². The molecular formula is C15H22N2O3. The molecule has 0 bridgehead atoms. The lowest BCUT2D eigenvalue weighted by atomic mass is 10.1. The van der Waals surface area contributed by atoms with Crippen LogP contribution in [-0.2, 0) is 9.53 Å². The van der Waals surface area contributed by atoms with Gasteiger partial charge in [0.15, 0.2) is 0 Å². The van der Waals surface area contributed by atoms with E-state index in [1.54, 1.807) is 7.11 Å². The van der Waals surface area contributed by atoms with Crippen molar-refractivity contribution < 1.29 is 14.3 Å². The van der Waals surface area contributed by atoms with Gasteiger partial charge in [-0.05, 0) is 19.9 Å². The molecule has 1 heterocycles. The maximum Gasteiger partial charge on any atom is 0.241 e. The van der Waals surface area contributed by atoms with E-state index in [0.717, 1.165) is 11.3 Å². The summed E-state index contributed by atoms with van der Waals surface area (Å²) >= 11 is 0. The Hall–Kier alpha value is -1.59. The molecule has 0 aliphatic carbocycles. The van der Waals surface area contributed by atoms with Crippen LogP contribution >= 0.6 is 0 Å². The normalized spacial score (nSPS) is 22.4. The third-order valence-corrected chi connectivity index (χ3v) is 3.49. The third kappa shape index (κ3) is 2.94. The Morgan fingerprint density at radius 3 is 2.80 bits per heavy atom. The number of ether oxygens (including phenoxy) is 2. The molecule has 1 aliphatic rings. The predicted molar refractivity (Wildman–Crippen MR) is 76.5 cm³/mol. The lowest BCUT2D eigenvalue weighted by Crippen LogP contribution is -2.33. The van der Waals surface area contributed by atoms with Crippen molar-refractivity contribution in [3.63, 3.8) is 0 Å². The minimum atomic E-state index is -0.188. The Kier molecular flexibility index (Phi) is 4.98. The molecular weight excluding hydrogens is 256 g/mol. The number of hydrogen-bond donors (Lipinski definition) is 1. The number of benzene rings is 1. The summed E-state index contributed by atoms with van der Waals surface area (Å²) in [4.78, 5) is 14.1. The maximum absolute atomic E-state index is 12.2. The van der Waals surface area contributed by atoms with E-state index in [-0.39, 0.29) is 18.1 Å². The molecule has 1 N–H and O–H groups in total. The molecule has 1 aromatic rings. The van der Waals surface area contributed by atoms with E-state index in [9.17, 15) is 4.79 Å². The molecule has 20 heavy (non-hydrogen) atoms. The quantitative estimate of drug-likeness (QED) is 0.802. The molecule has 1 saturated heterocycles. The van der Waals surface area contributed by atoms with Crippen LogP contribution in [0.5, 0.6) is 5.75 Å². The first-order chi connectivity index (χ1) is 9.69. The van der Waals surface area contributed by atoms with Gasteiger partial charge in [-0.25, -0.2) is 0 Å². The lowest BCUT2D eigenvalue weighted by molar-refractivity contribution is -0.130. The van der Waals surface area contributed by atoms with Crippen molar-refractivity contribution in [1.82, 2.24) is 10.2 Å². The average molecular weight is 278 g/mol. The van der Waals surface area contributed by atoms with Crippen molar-refractivity contribution in [2.45, 2.75) is 26.1 Å². The fourth-order valence-corrected chi connectivity index (χ4v) is 2.47. The average Bonchev–Trinajstić information content (AvgIpc) is 2.75. The van der Waals surface area contributed by atoms with Gasteiger partial charge in [-0.2, -0.15) is 0 Å². The largest absolute Gasteiger partial charge is 0.496 e.